The molecular weight excluding hydrogens is 264 g/mol. The van der Waals surface area contributed by atoms with Gasteiger partial charge in [-0.05, 0) is 6.92 Å². The van der Waals surface area contributed by atoms with Crippen LogP contribution in [0, 0.1) is 18.8 Å². The summed E-state index contributed by atoms with van der Waals surface area (Å²) in [4.78, 5) is 25.4. The molecule has 2 saturated heterocycles. The SMILES string of the molecule is Cc1cc(N2C[C@@]34C=C[C@@H](O3)[C@H](C(=O)O)[C@@H]4C2=O)no1. The number of ether oxygens (including phenoxy) is 1. The van der Waals surface area contributed by atoms with Crippen molar-refractivity contribution in [2.24, 2.45) is 11.8 Å². The number of fused-ring (bicyclic) bond motifs is 1. The van der Waals surface area contributed by atoms with Gasteiger partial charge in [0.15, 0.2) is 5.82 Å². The average molecular weight is 276 g/mol. The summed E-state index contributed by atoms with van der Waals surface area (Å²) in [6.07, 6.45) is 3.04. The first-order valence-corrected chi connectivity index (χ1v) is 6.36. The number of aryl methyl sites for hydroxylation is 1. The molecule has 4 rings (SSSR count). The van der Waals surface area contributed by atoms with Gasteiger partial charge in [0, 0.05) is 6.07 Å². The summed E-state index contributed by atoms with van der Waals surface area (Å²) >= 11 is 0. The molecule has 0 aliphatic carbocycles. The van der Waals surface area contributed by atoms with E-state index in [2.05, 4.69) is 5.16 Å². The first kappa shape index (κ1) is 11.7. The van der Waals surface area contributed by atoms with Gasteiger partial charge in [-0.2, -0.15) is 0 Å². The Morgan fingerprint density at radius 1 is 1.60 bits per heavy atom. The van der Waals surface area contributed by atoms with Crippen LogP contribution in [0.4, 0.5) is 5.82 Å². The Kier molecular flexibility index (Phi) is 2.03. The topological polar surface area (TPSA) is 92.9 Å². The van der Waals surface area contributed by atoms with E-state index in [0.717, 1.165) is 0 Å². The summed E-state index contributed by atoms with van der Waals surface area (Å²) in [5.41, 5.74) is -0.836. The molecule has 4 atom stereocenters. The summed E-state index contributed by atoms with van der Waals surface area (Å²) in [7, 11) is 0. The summed E-state index contributed by atoms with van der Waals surface area (Å²) in [5, 5.41) is 13.2. The fourth-order valence-corrected chi connectivity index (χ4v) is 3.45. The molecule has 0 radical (unpaired) electrons. The Balaban J connectivity index is 1.75. The van der Waals surface area contributed by atoms with Crippen molar-refractivity contribution in [3.05, 3.63) is 24.0 Å². The standard InChI is InChI=1S/C13H12N2O5/c1-6-4-8(14-20-6)15-5-13-3-2-7(19-13)9(12(17)18)10(13)11(15)16/h2-4,7,9-10H,5H2,1H3,(H,17,18)/t7-,9+,10-,13-/m1/s1. The molecule has 3 aliphatic rings. The summed E-state index contributed by atoms with van der Waals surface area (Å²) in [5.74, 6) is -1.79. The molecule has 1 N–H and O–H groups in total. The zero-order chi connectivity index (χ0) is 14.1. The molecule has 0 unspecified atom stereocenters. The van der Waals surface area contributed by atoms with Gasteiger partial charge < -0.3 is 14.4 Å². The predicted molar refractivity (Wildman–Crippen MR) is 65.0 cm³/mol. The zero-order valence-corrected chi connectivity index (χ0v) is 10.6. The van der Waals surface area contributed by atoms with Gasteiger partial charge in [-0.25, -0.2) is 0 Å². The maximum Gasteiger partial charge on any atom is 0.310 e. The zero-order valence-electron chi connectivity index (χ0n) is 10.6. The molecule has 104 valence electrons. The highest BCUT2D eigenvalue weighted by Gasteiger charge is 2.67. The normalized spacial score (nSPS) is 37.8. The first-order valence-electron chi connectivity index (χ1n) is 6.36. The van der Waals surface area contributed by atoms with E-state index in [1.165, 1.54) is 4.90 Å². The van der Waals surface area contributed by atoms with Crippen LogP contribution in [0.25, 0.3) is 0 Å². The molecule has 4 heterocycles. The fraction of sp³-hybridized carbons (Fsp3) is 0.462. The van der Waals surface area contributed by atoms with Gasteiger partial charge in [0.1, 0.15) is 17.3 Å². The lowest BCUT2D eigenvalue weighted by molar-refractivity contribution is -0.146. The van der Waals surface area contributed by atoms with Crippen molar-refractivity contribution in [1.29, 1.82) is 0 Å². The van der Waals surface area contributed by atoms with E-state index in [0.29, 0.717) is 11.6 Å². The van der Waals surface area contributed by atoms with Crippen molar-refractivity contribution in [3.63, 3.8) is 0 Å². The van der Waals surface area contributed by atoms with Gasteiger partial charge in [-0.15, -0.1) is 0 Å². The molecule has 7 nitrogen and oxygen atoms in total. The lowest BCUT2D eigenvalue weighted by Crippen LogP contribution is -2.39. The van der Waals surface area contributed by atoms with E-state index in [4.69, 9.17) is 9.26 Å². The summed E-state index contributed by atoms with van der Waals surface area (Å²) in [6.45, 7) is 2.01. The van der Waals surface area contributed by atoms with E-state index in [-0.39, 0.29) is 12.5 Å². The number of aliphatic carboxylic acids is 1. The number of hydrogen-bond donors (Lipinski definition) is 1. The molecule has 2 bridgehead atoms. The van der Waals surface area contributed by atoms with Crippen molar-refractivity contribution in [2.75, 3.05) is 11.4 Å². The lowest BCUT2D eigenvalue weighted by Gasteiger charge is -2.21. The van der Waals surface area contributed by atoms with Crippen LogP contribution < -0.4 is 4.90 Å². The fourth-order valence-electron chi connectivity index (χ4n) is 3.45. The van der Waals surface area contributed by atoms with E-state index in [1.54, 1.807) is 19.1 Å². The highest BCUT2D eigenvalue weighted by atomic mass is 16.5. The highest BCUT2D eigenvalue weighted by Crippen LogP contribution is 2.52. The maximum absolute atomic E-state index is 12.6. The van der Waals surface area contributed by atoms with Crippen LogP contribution in [0.5, 0.6) is 0 Å². The number of carboxylic acids is 1. The van der Waals surface area contributed by atoms with Gasteiger partial charge >= 0.3 is 5.97 Å². The Morgan fingerprint density at radius 3 is 3.05 bits per heavy atom. The minimum absolute atomic E-state index is 0.266. The Bertz CT molecular complexity index is 651. The van der Waals surface area contributed by atoms with Crippen LogP contribution in [0.2, 0.25) is 0 Å². The molecule has 1 aromatic rings. The molecule has 1 aromatic heterocycles. The van der Waals surface area contributed by atoms with Crippen LogP contribution in [0.3, 0.4) is 0 Å². The third-order valence-electron chi connectivity index (χ3n) is 4.28. The molecular formula is C13H12N2O5. The number of rotatable bonds is 2. The number of anilines is 1. The third-order valence-corrected chi connectivity index (χ3v) is 4.28. The lowest BCUT2D eigenvalue weighted by atomic mass is 9.77. The van der Waals surface area contributed by atoms with Crippen molar-refractivity contribution in [3.8, 4) is 0 Å². The summed E-state index contributed by atoms with van der Waals surface area (Å²) < 4.78 is 10.8. The van der Waals surface area contributed by atoms with E-state index in [9.17, 15) is 14.7 Å². The van der Waals surface area contributed by atoms with Crippen LogP contribution in [-0.2, 0) is 14.3 Å². The number of hydrogen-bond acceptors (Lipinski definition) is 5. The van der Waals surface area contributed by atoms with Crippen molar-refractivity contribution >= 4 is 17.7 Å². The molecule has 1 spiro atoms. The van der Waals surface area contributed by atoms with E-state index < -0.39 is 29.5 Å². The molecule has 3 aliphatic heterocycles. The van der Waals surface area contributed by atoms with Gasteiger partial charge in [-0.3, -0.25) is 14.5 Å². The second-order valence-corrected chi connectivity index (χ2v) is 5.46. The van der Waals surface area contributed by atoms with Crippen molar-refractivity contribution < 1.29 is 24.0 Å². The number of carbonyl (C=O) groups excluding carboxylic acids is 1. The Morgan fingerprint density at radius 2 is 2.40 bits per heavy atom. The number of carbonyl (C=O) groups is 2. The van der Waals surface area contributed by atoms with Gasteiger partial charge in [0.05, 0.1) is 18.6 Å². The molecule has 20 heavy (non-hydrogen) atoms. The largest absolute Gasteiger partial charge is 0.481 e. The van der Waals surface area contributed by atoms with Gasteiger partial charge in [0.2, 0.25) is 5.91 Å². The minimum atomic E-state index is -1.00. The second-order valence-electron chi connectivity index (χ2n) is 5.46. The van der Waals surface area contributed by atoms with Gasteiger partial charge in [0.25, 0.3) is 0 Å². The smallest absolute Gasteiger partial charge is 0.310 e. The molecule has 0 saturated carbocycles. The number of amides is 1. The van der Waals surface area contributed by atoms with Crippen molar-refractivity contribution in [2.45, 2.75) is 18.6 Å². The molecule has 0 aromatic carbocycles. The van der Waals surface area contributed by atoms with Crippen molar-refractivity contribution in [1.82, 2.24) is 5.16 Å². The first-order chi connectivity index (χ1) is 9.52. The van der Waals surface area contributed by atoms with Crippen LogP contribution >= 0.6 is 0 Å². The summed E-state index contributed by atoms with van der Waals surface area (Å²) in [6, 6.07) is 1.65. The van der Waals surface area contributed by atoms with Gasteiger partial charge in [-0.1, -0.05) is 17.3 Å². The quantitative estimate of drug-likeness (QED) is 0.784. The number of aromatic nitrogens is 1. The monoisotopic (exact) mass is 276 g/mol. The highest BCUT2D eigenvalue weighted by molar-refractivity contribution is 6.01. The molecule has 7 heteroatoms. The third kappa shape index (κ3) is 1.25. The maximum atomic E-state index is 12.6. The molecule has 2 fully saturated rings. The van der Waals surface area contributed by atoms with Crippen LogP contribution in [0.15, 0.2) is 22.7 Å². The van der Waals surface area contributed by atoms with Crippen LogP contribution in [-0.4, -0.2) is 40.4 Å². The molecule has 1 amide bonds. The Hall–Kier alpha value is -2.15. The average Bonchev–Trinajstić information content (AvgIpc) is 3.10. The van der Waals surface area contributed by atoms with Crippen LogP contribution in [0.1, 0.15) is 5.76 Å². The van der Waals surface area contributed by atoms with E-state index in [1.807, 2.05) is 6.08 Å². The minimum Gasteiger partial charge on any atom is -0.481 e. The number of nitrogens with zero attached hydrogens (tertiary/aromatic N) is 2. The van der Waals surface area contributed by atoms with E-state index >= 15 is 0 Å². The second kappa shape index (κ2) is 3.49. The predicted octanol–water partition coefficient (Wildman–Crippen LogP) is 0.354. The Labute approximate surface area is 113 Å². The number of carboxylic acid groups (broad SMARTS) is 1.